The molecule has 0 radical (unpaired) electrons. The maximum atomic E-state index is 14.3. The molecule has 2 aromatic rings. The van der Waals surface area contributed by atoms with Crippen molar-refractivity contribution in [2.45, 2.75) is 4.90 Å². The number of benzene rings is 1. The molecule has 138 valence electrons. The topological polar surface area (TPSA) is 82.1 Å². The van der Waals surface area contributed by atoms with Gasteiger partial charge in [-0.2, -0.15) is 12.5 Å². The van der Waals surface area contributed by atoms with Crippen LogP contribution in [0.1, 0.15) is 5.56 Å². The van der Waals surface area contributed by atoms with E-state index in [2.05, 4.69) is 10.3 Å². The molecular formula is C17H17ClFN3O3S. The Balaban J connectivity index is 0.00000243. The van der Waals surface area contributed by atoms with Crippen molar-refractivity contribution in [3.63, 3.8) is 0 Å². The second kappa shape index (κ2) is 7.65. The summed E-state index contributed by atoms with van der Waals surface area (Å²) < 4.78 is 38.4. The third-order valence-electron chi connectivity index (χ3n) is 3.81. The first-order chi connectivity index (χ1) is 11.9. The second-order valence-corrected chi connectivity index (χ2v) is 7.47. The van der Waals surface area contributed by atoms with E-state index in [1.54, 1.807) is 13.1 Å². The molecule has 0 aliphatic carbocycles. The molecule has 1 aromatic carbocycles. The minimum atomic E-state index is -4.42. The average molecular weight is 398 g/mol. The largest absolute Gasteiger partial charge is 0.606 e. The number of halogens is 2. The number of quaternary nitrogens is 1. The summed E-state index contributed by atoms with van der Waals surface area (Å²) in [5.41, 5.74) is 0.225. The Labute approximate surface area is 157 Å². The number of likely N-dealkylation sites (N-methyl/N-ethyl adjacent to an activating group) is 1. The highest BCUT2D eigenvalue weighted by atomic mass is 35.5. The third-order valence-corrected chi connectivity index (χ3v) is 5.67. The average Bonchev–Trinajstić information content (AvgIpc) is 2.94. The molecule has 26 heavy (non-hydrogen) atoms. The smallest absolute Gasteiger partial charge is 0.337 e. The van der Waals surface area contributed by atoms with Crippen molar-refractivity contribution in [3.05, 3.63) is 83.2 Å². The predicted octanol–water partition coefficient (Wildman–Crippen LogP) is 2.80. The standard InChI is InChI=1S/C17H16FN3O3S.ClH/c1-19-10-13-9-17(15-6-2-3-7-16(15)18)21(22,12-13)25(23,24)14-5-4-8-20-11-14;/h2-9,11-12,19H,10H2,1H3;1H. The van der Waals surface area contributed by atoms with E-state index in [-0.39, 0.29) is 35.1 Å². The van der Waals surface area contributed by atoms with Crippen LogP contribution in [0.4, 0.5) is 4.39 Å². The van der Waals surface area contributed by atoms with Gasteiger partial charge in [0.2, 0.25) is 0 Å². The lowest BCUT2D eigenvalue weighted by Crippen LogP contribution is -2.39. The summed E-state index contributed by atoms with van der Waals surface area (Å²) in [5.74, 6) is -0.660. The van der Waals surface area contributed by atoms with Gasteiger partial charge in [-0.15, -0.1) is 12.4 Å². The molecule has 1 unspecified atom stereocenters. The zero-order chi connectivity index (χ0) is 18.1. The Hall–Kier alpha value is -2.10. The number of rotatable bonds is 5. The molecule has 0 spiro atoms. The number of nitrogens with one attached hydrogen (secondary N) is 1. The molecule has 0 saturated heterocycles. The maximum absolute atomic E-state index is 14.3. The van der Waals surface area contributed by atoms with Crippen LogP contribution in [0.3, 0.4) is 0 Å². The minimum absolute atomic E-state index is 0. The Morgan fingerprint density at radius 3 is 2.58 bits per heavy atom. The fraction of sp³-hybridized carbons (Fsp3) is 0.118. The molecule has 9 heteroatoms. The fourth-order valence-corrected chi connectivity index (χ4v) is 4.10. The normalized spacial score (nSPS) is 19.5. The molecule has 0 saturated carbocycles. The lowest BCUT2D eigenvalue weighted by molar-refractivity contribution is -0.605. The predicted molar refractivity (Wildman–Crippen MR) is 98.7 cm³/mol. The number of hydroxylamine groups is 2. The van der Waals surface area contributed by atoms with Crippen molar-refractivity contribution in [2.24, 2.45) is 0 Å². The van der Waals surface area contributed by atoms with Gasteiger partial charge in [0, 0.05) is 24.4 Å². The summed E-state index contributed by atoms with van der Waals surface area (Å²) in [6.45, 7) is 0.281. The Kier molecular flexibility index (Phi) is 5.94. The number of pyridine rings is 1. The van der Waals surface area contributed by atoms with Gasteiger partial charge in [-0.1, -0.05) is 12.1 Å². The molecule has 0 bridgehead atoms. The number of hydrogen-bond donors (Lipinski definition) is 1. The zero-order valence-electron chi connectivity index (χ0n) is 13.8. The summed E-state index contributed by atoms with van der Waals surface area (Å²) >= 11 is 0. The highest BCUT2D eigenvalue weighted by Crippen LogP contribution is 2.41. The first-order valence-corrected chi connectivity index (χ1v) is 8.92. The fourth-order valence-electron chi connectivity index (χ4n) is 2.66. The monoisotopic (exact) mass is 397 g/mol. The molecule has 0 fully saturated rings. The van der Waals surface area contributed by atoms with Crippen molar-refractivity contribution in [3.8, 4) is 0 Å². The van der Waals surface area contributed by atoms with Gasteiger partial charge in [0.15, 0.2) is 5.70 Å². The van der Waals surface area contributed by atoms with Gasteiger partial charge in [0.1, 0.15) is 16.9 Å². The van der Waals surface area contributed by atoms with Gasteiger partial charge >= 0.3 is 10.0 Å². The van der Waals surface area contributed by atoms with Gasteiger partial charge in [-0.05, 0) is 31.3 Å². The zero-order valence-corrected chi connectivity index (χ0v) is 15.4. The highest BCUT2D eigenvalue weighted by molar-refractivity contribution is 7.86. The molecule has 0 amide bonds. The molecule has 1 aliphatic heterocycles. The van der Waals surface area contributed by atoms with Crippen LogP contribution in [-0.4, -0.2) is 31.0 Å². The van der Waals surface area contributed by atoms with Crippen LogP contribution < -0.4 is 5.32 Å². The van der Waals surface area contributed by atoms with E-state index in [9.17, 15) is 18.0 Å². The summed E-state index contributed by atoms with van der Waals surface area (Å²) in [6.07, 6.45) is 5.00. The number of sulfonamides is 1. The molecule has 1 atom stereocenters. The highest BCUT2D eigenvalue weighted by Gasteiger charge is 2.43. The molecule has 2 heterocycles. The van der Waals surface area contributed by atoms with E-state index in [0.717, 1.165) is 12.4 Å². The quantitative estimate of drug-likeness (QED) is 0.619. The Morgan fingerprint density at radius 2 is 1.96 bits per heavy atom. The SMILES string of the molecule is CNCC1=C[N+]([O-])(S(=O)(=O)c2cccnc2)C(c2ccccc2F)=C1.Cl. The van der Waals surface area contributed by atoms with Gasteiger partial charge in [-0.3, -0.25) is 4.98 Å². The van der Waals surface area contributed by atoms with E-state index >= 15 is 0 Å². The van der Waals surface area contributed by atoms with Crippen molar-refractivity contribution < 1.29 is 16.9 Å². The summed E-state index contributed by atoms with van der Waals surface area (Å²) in [7, 11) is -2.75. The molecule has 3 rings (SSSR count). The van der Waals surface area contributed by atoms with Crippen molar-refractivity contribution in [1.82, 2.24) is 10.3 Å². The van der Waals surface area contributed by atoms with Gasteiger partial charge in [0.05, 0.1) is 11.8 Å². The third kappa shape index (κ3) is 3.29. The van der Waals surface area contributed by atoms with Crippen LogP contribution in [0, 0.1) is 11.0 Å². The maximum Gasteiger partial charge on any atom is 0.337 e. The van der Waals surface area contributed by atoms with Gasteiger partial charge in [0.25, 0.3) is 0 Å². The second-order valence-electron chi connectivity index (χ2n) is 5.50. The number of nitrogens with zero attached hydrogens (tertiary/aromatic N) is 2. The Bertz CT molecular complexity index is 964. The molecule has 1 N–H and O–H groups in total. The first-order valence-electron chi connectivity index (χ1n) is 7.48. The molecule has 1 aliphatic rings. The van der Waals surface area contributed by atoms with Crippen LogP contribution in [-0.2, 0) is 10.0 Å². The van der Waals surface area contributed by atoms with E-state index in [0.29, 0.717) is 5.57 Å². The van der Waals surface area contributed by atoms with Crippen molar-refractivity contribution in [1.29, 1.82) is 0 Å². The number of hydrogen-bond acceptors (Lipinski definition) is 5. The number of aromatic nitrogens is 1. The van der Waals surface area contributed by atoms with E-state index in [1.807, 2.05) is 0 Å². The minimum Gasteiger partial charge on any atom is -0.606 e. The Morgan fingerprint density at radius 1 is 1.23 bits per heavy atom. The lowest BCUT2D eigenvalue weighted by atomic mass is 10.1. The van der Waals surface area contributed by atoms with Crippen LogP contribution in [0.2, 0.25) is 0 Å². The van der Waals surface area contributed by atoms with Crippen LogP contribution in [0.5, 0.6) is 0 Å². The van der Waals surface area contributed by atoms with Crippen LogP contribution in [0.15, 0.2) is 71.5 Å². The van der Waals surface area contributed by atoms with E-state index in [1.165, 1.54) is 42.6 Å². The lowest BCUT2D eigenvalue weighted by Gasteiger charge is -2.35. The van der Waals surface area contributed by atoms with Gasteiger partial charge < -0.3 is 10.5 Å². The van der Waals surface area contributed by atoms with E-state index < -0.39 is 19.9 Å². The van der Waals surface area contributed by atoms with Crippen molar-refractivity contribution in [2.75, 3.05) is 13.6 Å². The van der Waals surface area contributed by atoms with Gasteiger partial charge in [-0.25, -0.2) is 4.39 Å². The van der Waals surface area contributed by atoms with E-state index in [4.69, 9.17) is 0 Å². The molecule has 6 nitrogen and oxygen atoms in total. The van der Waals surface area contributed by atoms with Crippen LogP contribution >= 0.6 is 12.4 Å². The molecule has 1 aromatic heterocycles. The summed E-state index contributed by atoms with van der Waals surface area (Å²) in [4.78, 5) is 3.54. The molecular weight excluding hydrogens is 381 g/mol. The summed E-state index contributed by atoms with van der Waals surface area (Å²) in [6, 6.07) is 8.33. The first kappa shape index (κ1) is 20.2. The van der Waals surface area contributed by atoms with Crippen molar-refractivity contribution >= 4 is 28.1 Å². The summed E-state index contributed by atoms with van der Waals surface area (Å²) in [5, 5.41) is 16.3. The van der Waals surface area contributed by atoms with Crippen LogP contribution in [0.25, 0.3) is 5.70 Å².